The van der Waals surface area contributed by atoms with E-state index in [1.165, 1.54) is 11.3 Å². The molecule has 0 saturated carbocycles. The van der Waals surface area contributed by atoms with E-state index < -0.39 is 0 Å². The summed E-state index contributed by atoms with van der Waals surface area (Å²) < 4.78 is 0. The first-order chi connectivity index (χ1) is 8.65. The highest BCUT2D eigenvalue weighted by molar-refractivity contribution is 7.18. The summed E-state index contributed by atoms with van der Waals surface area (Å²) in [6.45, 7) is 1.78. The highest BCUT2D eigenvalue weighted by Crippen LogP contribution is 2.25. The smallest absolute Gasteiger partial charge is 0.227 e. The SMILES string of the molecule is CC(N)CC(=O)Nc1nnc(-c2cccnc2)s1. The summed E-state index contributed by atoms with van der Waals surface area (Å²) in [6, 6.07) is 3.54. The summed E-state index contributed by atoms with van der Waals surface area (Å²) >= 11 is 1.31. The van der Waals surface area contributed by atoms with Gasteiger partial charge in [-0.15, -0.1) is 10.2 Å². The molecule has 0 aliphatic heterocycles. The molecule has 0 radical (unpaired) electrons. The molecule has 0 aliphatic rings. The van der Waals surface area contributed by atoms with E-state index in [9.17, 15) is 4.79 Å². The van der Waals surface area contributed by atoms with E-state index in [0.717, 1.165) is 10.6 Å². The van der Waals surface area contributed by atoms with Crippen molar-refractivity contribution < 1.29 is 4.79 Å². The summed E-state index contributed by atoms with van der Waals surface area (Å²) in [6.07, 6.45) is 3.66. The van der Waals surface area contributed by atoms with Crippen LogP contribution in [0.25, 0.3) is 10.6 Å². The molecule has 0 bridgehead atoms. The van der Waals surface area contributed by atoms with Gasteiger partial charge in [-0.2, -0.15) is 0 Å². The number of nitrogens with two attached hydrogens (primary N) is 1. The molecule has 2 rings (SSSR count). The van der Waals surface area contributed by atoms with Crippen molar-refractivity contribution in [3.05, 3.63) is 24.5 Å². The summed E-state index contributed by atoms with van der Waals surface area (Å²) in [5.74, 6) is -0.154. The molecule has 2 aromatic rings. The van der Waals surface area contributed by atoms with Gasteiger partial charge in [-0.25, -0.2) is 0 Å². The first-order valence-electron chi connectivity index (χ1n) is 5.44. The minimum absolute atomic E-state index is 0.154. The molecule has 0 aromatic carbocycles. The van der Waals surface area contributed by atoms with Gasteiger partial charge in [0.2, 0.25) is 11.0 Å². The maximum atomic E-state index is 11.5. The third kappa shape index (κ3) is 3.31. The fourth-order valence-corrected chi connectivity index (χ4v) is 2.09. The fourth-order valence-electron chi connectivity index (χ4n) is 1.34. The van der Waals surface area contributed by atoms with Crippen molar-refractivity contribution >= 4 is 22.4 Å². The molecule has 7 heteroatoms. The van der Waals surface area contributed by atoms with Crippen LogP contribution in [0.15, 0.2) is 24.5 Å². The number of nitrogens with zero attached hydrogens (tertiary/aromatic N) is 3. The second-order valence-electron chi connectivity index (χ2n) is 3.88. The van der Waals surface area contributed by atoms with Crippen LogP contribution >= 0.6 is 11.3 Å². The van der Waals surface area contributed by atoms with Crippen molar-refractivity contribution in [2.45, 2.75) is 19.4 Å². The third-order valence-corrected chi connectivity index (χ3v) is 2.97. The Bertz CT molecular complexity index is 525. The maximum Gasteiger partial charge on any atom is 0.227 e. The molecular formula is C11H13N5OS. The van der Waals surface area contributed by atoms with Crippen molar-refractivity contribution in [3.8, 4) is 10.6 Å². The molecule has 0 spiro atoms. The van der Waals surface area contributed by atoms with Gasteiger partial charge in [0.15, 0.2) is 5.01 Å². The number of aromatic nitrogens is 3. The lowest BCUT2D eigenvalue weighted by Gasteiger charge is -2.03. The van der Waals surface area contributed by atoms with Crippen LogP contribution in [0.5, 0.6) is 0 Å². The molecule has 6 nitrogen and oxygen atoms in total. The Morgan fingerprint density at radius 2 is 2.39 bits per heavy atom. The number of rotatable bonds is 4. The number of anilines is 1. The topological polar surface area (TPSA) is 93.8 Å². The zero-order valence-electron chi connectivity index (χ0n) is 9.83. The number of carbonyl (C=O) groups is 1. The van der Waals surface area contributed by atoms with Gasteiger partial charge in [0.05, 0.1) is 0 Å². The highest BCUT2D eigenvalue weighted by Gasteiger charge is 2.10. The van der Waals surface area contributed by atoms with Crippen molar-refractivity contribution in [1.82, 2.24) is 15.2 Å². The van der Waals surface area contributed by atoms with Crippen LogP contribution in [0.1, 0.15) is 13.3 Å². The molecule has 0 aliphatic carbocycles. The van der Waals surface area contributed by atoms with E-state index in [-0.39, 0.29) is 18.4 Å². The van der Waals surface area contributed by atoms with Crippen LogP contribution in [0, 0.1) is 0 Å². The Kier molecular flexibility index (Phi) is 3.96. The lowest BCUT2D eigenvalue weighted by Crippen LogP contribution is -2.23. The molecule has 1 unspecified atom stereocenters. The summed E-state index contributed by atoms with van der Waals surface area (Å²) in [5.41, 5.74) is 6.42. The highest BCUT2D eigenvalue weighted by atomic mass is 32.1. The number of pyridine rings is 1. The maximum absolute atomic E-state index is 11.5. The lowest BCUT2D eigenvalue weighted by molar-refractivity contribution is -0.116. The molecule has 0 saturated heterocycles. The van der Waals surface area contributed by atoms with Crippen LogP contribution < -0.4 is 11.1 Å². The molecule has 18 heavy (non-hydrogen) atoms. The Morgan fingerprint density at radius 3 is 3.06 bits per heavy atom. The Labute approximate surface area is 108 Å². The number of carbonyl (C=O) groups excluding carboxylic acids is 1. The van der Waals surface area contributed by atoms with Crippen LogP contribution in [0.4, 0.5) is 5.13 Å². The van der Waals surface area contributed by atoms with Gasteiger partial charge in [0.25, 0.3) is 0 Å². The van der Waals surface area contributed by atoms with Gasteiger partial charge in [0.1, 0.15) is 0 Å². The predicted octanol–water partition coefficient (Wildman–Crippen LogP) is 1.28. The van der Waals surface area contributed by atoms with Crippen molar-refractivity contribution in [3.63, 3.8) is 0 Å². The van der Waals surface area contributed by atoms with E-state index in [4.69, 9.17) is 5.73 Å². The van der Waals surface area contributed by atoms with Crippen LogP contribution in [0.2, 0.25) is 0 Å². The van der Waals surface area contributed by atoms with E-state index >= 15 is 0 Å². The Hall–Kier alpha value is -1.86. The Balaban J connectivity index is 2.05. The fraction of sp³-hybridized carbons (Fsp3) is 0.273. The zero-order chi connectivity index (χ0) is 13.0. The largest absolute Gasteiger partial charge is 0.327 e. The normalized spacial score (nSPS) is 12.1. The quantitative estimate of drug-likeness (QED) is 0.866. The van der Waals surface area contributed by atoms with Gasteiger partial charge in [0, 0.05) is 30.4 Å². The molecular weight excluding hydrogens is 250 g/mol. The molecule has 3 N–H and O–H groups in total. The van der Waals surface area contributed by atoms with Crippen LogP contribution in [-0.2, 0) is 4.79 Å². The van der Waals surface area contributed by atoms with Crippen LogP contribution in [-0.4, -0.2) is 27.1 Å². The van der Waals surface area contributed by atoms with Crippen molar-refractivity contribution in [2.75, 3.05) is 5.32 Å². The van der Waals surface area contributed by atoms with Gasteiger partial charge >= 0.3 is 0 Å². The number of hydrogen-bond donors (Lipinski definition) is 2. The van der Waals surface area contributed by atoms with Crippen molar-refractivity contribution in [1.29, 1.82) is 0 Å². The van der Waals surface area contributed by atoms with Gasteiger partial charge in [-0.3, -0.25) is 9.78 Å². The molecule has 1 atom stereocenters. The monoisotopic (exact) mass is 263 g/mol. The second-order valence-corrected chi connectivity index (χ2v) is 4.86. The van der Waals surface area contributed by atoms with E-state index in [1.54, 1.807) is 19.3 Å². The van der Waals surface area contributed by atoms with Gasteiger partial charge < -0.3 is 11.1 Å². The first kappa shape index (κ1) is 12.6. The summed E-state index contributed by atoms with van der Waals surface area (Å²) in [5, 5.41) is 11.8. The lowest BCUT2D eigenvalue weighted by atomic mass is 10.2. The average Bonchev–Trinajstić information content (AvgIpc) is 2.77. The molecule has 2 aromatic heterocycles. The number of hydrogen-bond acceptors (Lipinski definition) is 6. The van der Waals surface area contributed by atoms with Crippen LogP contribution in [0.3, 0.4) is 0 Å². The number of amides is 1. The average molecular weight is 263 g/mol. The van der Waals surface area contributed by atoms with E-state index in [1.807, 2.05) is 12.1 Å². The van der Waals surface area contributed by atoms with E-state index in [0.29, 0.717) is 5.13 Å². The Morgan fingerprint density at radius 1 is 1.56 bits per heavy atom. The molecule has 1 amide bonds. The van der Waals surface area contributed by atoms with Gasteiger partial charge in [-0.1, -0.05) is 11.3 Å². The minimum Gasteiger partial charge on any atom is -0.327 e. The number of nitrogens with one attached hydrogen (secondary N) is 1. The second kappa shape index (κ2) is 5.65. The molecule has 2 heterocycles. The minimum atomic E-state index is -0.171. The van der Waals surface area contributed by atoms with E-state index in [2.05, 4.69) is 20.5 Å². The molecule has 94 valence electrons. The summed E-state index contributed by atoms with van der Waals surface area (Å²) in [7, 11) is 0. The standard InChI is InChI=1S/C11H13N5OS/c1-7(12)5-9(17)14-11-16-15-10(18-11)8-3-2-4-13-6-8/h2-4,6-7H,5,12H2,1H3,(H,14,16,17). The predicted molar refractivity (Wildman–Crippen MR) is 70.0 cm³/mol. The van der Waals surface area contributed by atoms with Gasteiger partial charge in [-0.05, 0) is 19.1 Å². The summed E-state index contributed by atoms with van der Waals surface area (Å²) in [4.78, 5) is 15.5. The third-order valence-electron chi connectivity index (χ3n) is 2.09. The zero-order valence-corrected chi connectivity index (χ0v) is 10.6. The first-order valence-corrected chi connectivity index (χ1v) is 6.26. The molecule has 0 fully saturated rings. The van der Waals surface area contributed by atoms with Crippen molar-refractivity contribution in [2.24, 2.45) is 5.73 Å².